The smallest absolute Gasteiger partial charge is 0.244 e. The summed E-state index contributed by atoms with van der Waals surface area (Å²) in [6.07, 6.45) is 2.57. The minimum absolute atomic E-state index is 0.0995. The lowest BCUT2D eigenvalue weighted by atomic mass is 9.77. The second kappa shape index (κ2) is 4.47. The van der Waals surface area contributed by atoms with Gasteiger partial charge in [-0.25, -0.2) is 0 Å². The summed E-state index contributed by atoms with van der Waals surface area (Å²) in [4.78, 5) is 11.9. The van der Waals surface area contributed by atoms with E-state index in [1.54, 1.807) is 0 Å². The predicted octanol–water partition coefficient (Wildman–Crippen LogP) is 3.03. The van der Waals surface area contributed by atoms with Gasteiger partial charge >= 0.3 is 0 Å². The van der Waals surface area contributed by atoms with Crippen molar-refractivity contribution in [1.29, 1.82) is 0 Å². The van der Waals surface area contributed by atoms with E-state index in [9.17, 15) is 4.79 Å². The fourth-order valence-corrected chi connectivity index (χ4v) is 2.33. The van der Waals surface area contributed by atoms with Gasteiger partial charge in [0.2, 0.25) is 5.91 Å². The highest BCUT2D eigenvalue weighted by Gasteiger charge is 2.40. The van der Waals surface area contributed by atoms with Crippen LogP contribution in [-0.4, -0.2) is 11.4 Å². The number of rotatable bonds is 2. The van der Waals surface area contributed by atoms with Crippen molar-refractivity contribution in [1.82, 2.24) is 0 Å². The zero-order chi connectivity index (χ0) is 11.8. The third-order valence-electron chi connectivity index (χ3n) is 2.87. The SMILES string of the molecule is NC1(C(=O)Nc2cc(Br)ccc2Br)CCC1. The summed E-state index contributed by atoms with van der Waals surface area (Å²) in [6, 6.07) is 5.63. The predicted molar refractivity (Wildman–Crippen MR) is 71.2 cm³/mol. The summed E-state index contributed by atoms with van der Waals surface area (Å²) >= 11 is 6.75. The van der Waals surface area contributed by atoms with E-state index in [0.29, 0.717) is 0 Å². The Hall–Kier alpha value is -0.390. The van der Waals surface area contributed by atoms with Gasteiger partial charge in [0.15, 0.2) is 0 Å². The Morgan fingerprint density at radius 1 is 1.38 bits per heavy atom. The van der Waals surface area contributed by atoms with Crippen LogP contribution in [0.2, 0.25) is 0 Å². The molecule has 1 fully saturated rings. The number of carbonyl (C=O) groups is 1. The van der Waals surface area contributed by atoms with Crippen LogP contribution in [0.25, 0.3) is 0 Å². The molecule has 0 aliphatic heterocycles. The molecule has 3 N–H and O–H groups in total. The molecule has 0 unspecified atom stereocenters. The number of carbonyl (C=O) groups excluding carboxylic acids is 1. The number of hydrogen-bond acceptors (Lipinski definition) is 2. The number of anilines is 1. The van der Waals surface area contributed by atoms with Crippen LogP contribution < -0.4 is 11.1 Å². The molecule has 1 aliphatic rings. The number of benzene rings is 1. The van der Waals surface area contributed by atoms with Crippen molar-refractivity contribution >= 4 is 43.5 Å². The highest BCUT2D eigenvalue weighted by Crippen LogP contribution is 2.32. The second-order valence-electron chi connectivity index (χ2n) is 4.09. The average Bonchev–Trinajstić information content (AvgIpc) is 2.20. The van der Waals surface area contributed by atoms with Crippen LogP contribution in [0.4, 0.5) is 5.69 Å². The molecule has 0 heterocycles. The van der Waals surface area contributed by atoms with Gasteiger partial charge in [0, 0.05) is 8.95 Å². The maximum atomic E-state index is 11.9. The van der Waals surface area contributed by atoms with Crippen molar-refractivity contribution < 1.29 is 4.79 Å². The van der Waals surface area contributed by atoms with Crippen molar-refractivity contribution in [2.24, 2.45) is 5.73 Å². The van der Waals surface area contributed by atoms with Crippen LogP contribution in [0, 0.1) is 0 Å². The molecule has 0 radical (unpaired) electrons. The summed E-state index contributed by atoms with van der Waals surface area (Å²) in [5, 5.41) is 2.85. The topological polar surface area (TPSA) is 55.1 Å². The number of hydrogen-bond donors (Lipinski definition) is 2. The molecule has 1 amide bonds. The molecule has 0 atom stereocenters. The van der Waals surface area contributed by atoms with E-state index in [2.05, 4.69) is 37.2 Å². The first-order chi connectivity index (χ1) is 7.51. The van der Waals surface area contributed by atoms with E-state index >= 15 is 0 Å². The first-order valence-corrected chi connectivity index (χ1v) is 6.65. The van der Waals surface area contributed by atoms with Crippen LogP contribution >= 0.6 is 31.9 Å². The maximum Gasteiger partial charge on any atom is 0.244 e. The maximum absolute atomic E-state index is 11.9. The van der Waals surface area contributed by atoms with Gasteiger partial charge in [-0.2, -0.15) is 0 Å². The summed E-state index contributed by atoms with van der Waals surface area (Å²) in [6.45, 7) is 0. The van der Waals surface area contributed by atoms with Crippen LogP contribution in [-0.2, 0) is 4.79 Å². The Balaban J connectivity index is 2.14. The number of nitrogens with one attached hydrogen (secondary N) is 1. The van der Waals surface area contributed by atoms with Gasteiger partial charge in [0.05, 0.1) is 11.2 Å². The van der Waals surface area contributed by atoms with Gasteiger partial charge in [0.25, 0.3) is 0 Å². The lowest BCUT2D eigenvalue weighted by Crippen LogP contribution is -2.56. The first-order valence-electron chi connectivity index (χ1n) is 5.07. The molecule has 1 aromatic carbocycles. The van der Waals surface area contributed by atoms with Crippen molar-refractivity contribution in [3.05, 3.63) is 27.1 Å². The van der Waals surface area contributed by atoms with Gasteiger partial charge < -0.3 is 11.1 Å². The third-order valence-corrected chi connectivity index (χ3v) is 4.06. The first kappa shape index (κ1) is 12.1. The Bertz CT molecular complexity index is 430. The second-order valence-corrected chi connectivity index (χ2v) is 5.86. The normalized spacial score (nSPS) is 17.7. The van der Waals surface area contributed by atoms with E-state index in [1.165, 1.54) is 0 Å². The highest BCUT2D eigenvalue weighted by molar-refractivity contribution is 9.11. The van der Waals surface area contributed by atoms with E-state index in [4.69, 9.17) is 5.73 Å². The quantitative estimate of drug-likeness (QED) is 0.863. The van der Waals surface area contributed by atoms with E-state index in [1.807, 2.05) is 18.2 Å². The van der Waals surface area contributed by atoms with Crippen LogP contribution in [0.3, 0.4) is 0 Å². The molecule has 0 spiro atoms. The van der Waals surface area contributed by atoms with E-state index < -0.39 is 5.54 Å². The molecule has 1 saturated carbocycles. The van der Waals surface area contributed by atoms with Crippen molar-refractivity contribution in [2.45, 2.75) is 24.8 Å². The molecule has 1 aromatic rings. The lowest BCUT2D eigenvalue weighted by Gasteiger charge is -2.36. The van der Waals surface area contributed by atoms with Gasteiger partial charge in [0.1, 0.15) is 0 Å². The number of halogens is 2. The molecule has 0 aromatic heterocycles. The van der Waals surface area contributed by atoms with Crippen LogP contribution in [0.1, 0.15) is 19.3 Å². The summed E-state index contributed by atoms with van der Waals surface area (Å²) in [5.41, 5.74) is 6.02. The Morgan fingerprint density at radius 3 is 2.62 bits per heavy atom. The van der Waals surface area contributed by atoms with Crippen LogP contribution in [0.5, 0.6) is 0 Å². The van der Waals surface area contributed by atoms with E-state index in [0.717, 1.165) is 33.9 Å². The molecular weight excluding hydrogens is 336 g/mol. The molecular formula is C11H12Br2N2O. The van der Waals surface area contributed by atoms with E-state index in [-0.39, 0.29) is 5.91 Å². The monoisotopic (exact) mass is 346 g/mol. The molecule has 0 bridgehead atoms. The van der Waals surface area contributed by atoms with Crippen molar-refractivity contribution in [2.75, 3.05) is 5.32 Å². The standard InChI is InChI=1S/C11H12Br2N2O/c12-7-2-3-8(13)9(6-7)15-10(16)11(14)4-1-5-11/h2-3,6H,1,4-5,14H2,(H,15,16). The Labute approximate surface area is 111 Å². The zero-order valence-electron chi connectivity index (χ0n) is 8.59. The molecule has 16 heavy (non-hydrogen) atoms. The average molecular weight is 348 g/mol. The largest absolute Gasteiger partial charge is 0.323 e. The number of nitrogens with two attached hydrogens (primary N) is 1. The molecule has 2 rings (SSSR count). The molecule has 1 aliphatic carbocycles. The Kier molecular flexibility index (Phi) is 3.37. The fraction of sp³-hybridized carbons (Fsp3) is 0.364. The summed E-state index contributed by atoms with van der Waals surface area (Å²) in [7, 11) is 0. The third kappa shape index (κ3) is 2.31. The van der Waals surface area contributed by atoms with Crippen LogP contribution in [0.15, 0.2) is 27.1 Å². The molecule has 0 saturated heterocycles. The summed E-state index contributed by atoms with van der Waals surface area (Å²) < 4.78 is 1.78. The van der Waals surface area contributed by atoms with Gasteiger partial charge in [-0.05, 0) is 53.4 Å². The molecule has 3 nitrogen and oxygen atoms in total. The molecule has 5 heteroatoms. The fourth-order valence-electron chi connectivity index (χ4n) is 1.62. The van der Waals surface area contributed by atoms with Crippen molar-refractivity contribution in [3.8, 4) is 0 Å². The molecule has 86 valence electrons. The Morgan fingerprint density at radius 2 is 2.06 bits per heavy atom. The number of amides is 1. The van der Waals surface area contributed by atoms with Gasteiger partial charge in [-0.15, -0.1) is 0 Å². The minimum atomic E-state index is -0.665. The van der Waals surface area contributed by atoms with Gasteiger partial charge in [-0.1, -0.05) is 15.9 Å². The zero-order valence-corrected chi connectivity index (χ0v) is 11.8. The lowest BCUT2D eigenvalue weighted by molar-refractivity contribution is -0.123. The van der Waals surface area contributed by atoms with Gasteiger partial charge in [-0.3, -0.25) is 4.79 Å². The summed E-state index contributed by atoms with van der Waals surface area (Å²) in [5.74, 6) is -0.0995. The van der Waals surface area contributed by atoms with Crippen molar-refractivity contribution in [3.63, 3.8) is 0 Å². The highest BCUT2D eigenvalue weighted by atomic mass is 79.9. The minimum Gasteiger partial charge on any atom is -0.323 e.